The molecule has 6 nitrogen and oxygen atoms in total. The Kier molecular flexibility index (Phi) is 5.30. The third kappa shape index (κ3) is 4.05. The van der Waals surface area contributed by atoms with E-state index in [1.807, 2.05) is 14.0 Å². The van der Waals surface area contributed by atoms with Gasteiger partial charge in [-0.2, -0.15) is 0 Å². The van der Waals surface area contributed by atoms with Gasteiger partial charge >= 0.3 is 0 Å². The number of rotatable bonds is 5. The Balaban J connectivity index is 3.16. The first-order chi connectivity index (χ1) is 9.16. The van der Waals surface area contributed by atoms with Gasteiger partial charge in [-0.25, -0.2) is 15.8 Å². The fraction of sp³-hybridized carbons (Fsp3) is 0.714. The summed E-state index contributed by atoms with van der Waals surface area (Å²) >= 11 is 0. The van der Waals surface area contributed by atoms with Gasteiger partial charge in [0.1, 0.15) is 17.5 Å². The van der Waals surface area contributed by atoms with E-state index in [4.69, 9.17) is 10.8 Å². The van der Waals surface area contributed by atoms with Crippen molar-refractivity contribution in [3.8, 4) is 0 Å². The normalized spacial score (nSPS) is 11.8. The molecule has 0 atom stereocenters. The van der Waals surface area contributed by atoms with Crippen molar-refractivity contribution < 1.29 is 0 Å². The predicted octanol–water partition coefficient (Wildman–Crippen LogP) is 1.37. The average Bonchev–Trinajstić information content (AvgIpc) is 2.34. The lowest BCUT2D eigenvalue weighted by atomic mass is 9.95. The van der Waals surface area contributed by atoms with Crippen LogP contribution >= 0.6 is 0 Å². The van der Waals surface area contributed by atoms with Gasteiger partial charge in [-0.05, 0) is 21.0 Å². The van der Waals surface area contributed by atoms with E-state index in [9.17, 15) is 0 Å². The first kappa shape index (κ1) is 16.7. The summed E-state index contributed by atoms with van der Waals surface area (Å²) in [6, 6.07) is 0. The van der Waals surface area contributed by atoms with Gasteiger partial charge in [0.05, 0.1) is 0 Å². The summed E-state index contributed by atoms with van der Waals surface area (Å²) in [5, 5.41) is 0. The molecule has 0 spiro atoms. The Morgan fingerprint density at radius 1 is 1.10 bits per heavy atom. The van der Waals surface area contributed by atoms with E-state index in [1.165, 1.54) is 0 Å². The zero-order valence-corrected chi connectivity index (χ0v) is 13.8. The maximum absolute atomic E-state index is 5.59. The highest BCUT2D eigenvalue weighted by atomic mass is 15.3. The molecule has 0 aliphatic carbocycles. The SMILES string of the molecule is Cc1c(NN)nc(C(C)(C)C)nc1N(C)CCN(C)C. The van der Waals surface area contributed by atoms with Crippen LogP contribution in [-0.2, 0) is 5.41 Å². The van der Waals surface area contributed by atoms with Crippen LogP contribution in [0.25, 0.3) is 0 Å². The molecule has 114 valence electrons. The molecule has 1 rings (SSSR count). The minimum Gasteiger partial charge on any atom is -0.358 e. The van der Waals surface area contributed by atoms with E-state index in [2.05, 4.69) is 55.1 Å². The van der Waals surface area contributed by atoms with Crippen LogP contribution in [-0.4, -0.2) is 49.1 Å². The molecule has 0 saturated carbocycles. The standard InChI is InChI=1S/C14H28N6/c1-10-11(18-15)16-13(14(2,3)4)17-12(10)20(7)9-8-19(5)6/h8-9,15H2,1-7H3,(H,16,17,18). The van der Waals surface area contributed by atoms with Crippen molar-refractivity contribution in [2.24, 2.45) is 5.84 Å². The molecule has 0 fully saturated rings. The molecule has 0 amide bonds. The second-order valence-corrected chi connectivity index (χ2v) is 6.46. The molecule has 1 heterocycles. The van der Waals surface area contributed by atoms with Gasteiger partial charge in [-0.1, -0.05) is 20.8 Å². The van der Waals surface area contributed by atoms with Gasteiger partial charge in [0.15, 0.2) is 0 Å². The van der Waals surface area contributed by atoms with Crippen molar-refractivity contribution in [2.75, 3.05) is 44.6 Å². The fourth-order valence-electron chi connectivity index (χ4n) is 1.81. The van der Waals surface area contributed by atoms with E-state index in [-0.39, 0.29) is 5.41 Å². The summed E-state index contributed by atoms with van der Waals surface area (Å²) in [5.41, 5.74) is 3.54. The van der Waals surface area contributed by atoms with Crippen molar-refractivity contribution in [1.82, 2.24) is 14.9 Å². The zero-order chi connectivity index (χ0) is 15.5. The summed E-state index contributed by atoms with van der Waals surface area (Å²) in [6.45, 7) is 10.2. The molecular formula is C14H28N6. The first-order valence-corrected chi connectivity index (χ1v) is 6.88. The zero-order valence-electron chi connectivity index (χ0n) is 13.8. The average molecular weight is 280 g/mol. The molecule has 1 aromatic heterocycles. The van der Waals surface area contributed by atoms with Crippen LogP contribution in [0.15, 0.2) is 0 Å². The predicted molar refractivity (Wildman–Crippen MR) is 85.1 cm³/mol. The van der Waals surface area contributed by atoms with E-state index in [0.29, 0.717) is 5.82 Å². The Labute approximate surface area is 122 Å². The molecule has 1 aromatic rings. The highest BCUT2D eigenvalue weighted by Crippen LogP contribution is 2.27. The van der Waals surface area contributed by atoms with Crippen LogP contribution in [0.3, 0.4) is 0 Å². The quantitative estimate of drug-likeness (QED) is 0.627. The number of anilines is 2. The van der Waals surface area contributed by atoms with Gasteiger partial charge in [-0.15, -0.1) is 0 Å². The van der Waals surface area contributed by atoms with Crippen molar-refractivity contribution in [2.45, 2.75) is 33.1 Å². The summed E-state index contributed by atoms with van der Waals surface area (Å²) in [7, 11) is 6.17. The van der Waals surface area contributed by atoms with Gasteiger partial charge < -0.3 is 15.2 Å². The van der Waals surface area contributed by atoms with E-state index < -0.39 is 0 Å². The van der Waals surface area contributed by atoms with Gasteiger partial charge in [0.2, 0.25) is 0 Å². The lowest BCUT2D eigenvalue weighted by Gasteiger charge is -2.26. The summed E-state index contributed by atoms with van der Waals surface area (Å²) < 4.78 is 0. The minimum absolute atomic E-state index is 0.115. The topological polar surface area (TPSA) is 70.3 Å². The van der Waals surface area contributed by atoms with Crippen molar-refractivity contribution >= 4 is 11.6 Å². The lowest BCUT2D eigenvalue weighted by Crippen LogP contribution is -2.31. The maximum atomic E-state index is 5.59. The molecule has 0 unspecified atom stereocenters. The highest BCUT2D eigenvalue weighted by Gasteiger charge is 2.22. The van der Waals surface area contributed by atoms with Crippen molar-refractivity contribution in [1.29, 1.82) is 0 Å². The Morgan fingerprint density at radius 2 is 1.70 bits per heavy atom. The number of aromatic nitrogens is 2. The number of nitrogens with two attached hydrogens (primary N) is 1. The number of likely N-dealkylation sites (N-methyl/N-ethyl adjacent to an activating group) is 2. The van der Waals surface area contributed by atoms with E-state index in [0.717, 1.165) is 30.3 Å². The first-order valence-electron chi connectivity index (χ1n) is 6.88. The molecule has 0 radical (unpaired) electrons. The number of nitrogens with zero attached hydrogens (tertiary/aromatic N) is 4. The van der Waals surface area contributed by atoms with Crippen LogP contribution in [0.5, 0.6) is 0 Å². The monoisotopic (exact) mass is 280 g/mol. The fourth-order valence-corrected chi connectivity index (χ4v) is 1.81. The molecule has 0 aromatic carbocycles. The van der Waals surface area contributed by atoms with Crippen LogP contribution in [0, 0.1) is 6.92 Å². The lowest BCUT2D eigenvalue weighted by molar-refractivity contribution is 0.416. The highest BCUT2D eigenvalue weighted by molar-refractivity contribution is 5.58. The maximum Gasteiger partial charge on any atom is 0.148 e. The number of nitrogens with one attached hydrogen (secondary N) is 1. The number of hydrogen-bond acceptors (Lipinski definition) is 6. The second-order valence-electron chi connectivity index (χ2n) is 6.46. The van der Waals surface area contributed by atoms with Crippen LogP contribution in [0.4, 0.5) is 11.6 Å². The van der Waals surface area contributed by atoms with E-state index in [1.54, 1.807) is 0 Å². The molecule has 20 heavy (non-hydrogen) atoms. The molecule has 0 bridgehead atoms. The Bertz CT molecular complexity index is 450. The van der Waals surface area contributed by atoms with Gasteiger partial charge in [0.25, 0.3) is 0 Å². The molecule has 0 aliphatic heterocycles. The number of hydrazine groups is 1. The Morgan fingerprint density at radius 3 is 2.15 bits per heavy atom. The minimum atomic E-state index is -0.115. The molecule has 0 aliphatic rings. The largest absolute Gasteiger partial charge is 0.358 e. The third-order valence-corrected chi connectivity index (χ3v) is 3.17. The summed E-state index contributed by atoms with van der Waals surface area (Å²) in [4.78, 5) is 13.5. The number of hydrogen-bond donors (Lipinski definition) is 2. The smallest absolute Gasteiger partial charge is 0.148 e. The molecule has 0 saturated heterocycles. The van der Waals surface area contributed by atoms with Crippen LogP contribution in [0.2, 0.25) is 0 Å². The molecule has 6 heteroatoms. The van der Waals surface area contributed by atoms with Crippen molar-refractivity contribution in [3.05, 3.63) is 11.4 Å². The number of nitrogen functional groups attached to an aromatic ring is 1. The second kappa shape index (κ2) is 6.37. The van der Waals surface area contributed by atoms with Gasteiger partial charge in [0, 0.05) is 31.1 Å². The van der Waals surface area contributed by atoms with E-state index >= 15 is 0 Å². The Hall–Kier alpha value is -1.40. The summed E-state index contributed by atoms with van der Waals surface area (Å²) in [5.74, 6) is 8.00. The van der Waals surface area contributed by atoms with Crippen molar-refractivity contribution in [3.63, 3.8) is 0 Å². The van der Waals surface area contributed by atoms with Gasteiger partial charge in [-0.3, -0.25) is 0 Å². The van der Waals surface area contributed by atoms with Crippen LogP contribution in [0.1, 0.15) is 32.2 Å². The molecule has 3 N–H and O–H groups in total. The van der Waals surface area contributed by atoms with Crippen LogP contribution < -0.4 is 16.2 Å². The summed E-state index contributed by atoms with van der Waals surface area (Å²) in [6.07, 6.45) is 0. The molecular weight excluding hydrogens is 252 g/mol. The third-order valence-electron chi connectivity index (χ3n) is 3.17.